The van der Waals surface area contributed by atoms with E-state index in [2.05, 4.69) is 14.5 Å². The highest BCUT2D eigenvalue weighted by Crippen LogP contribution is 2.18. The van der Waals surface area contributed by atoms with E-state index in [-0.39, 0.29) is 77.5 Å². The summed E-state index contributed by atoms with van der Waals surface area (Å²) in [7, 11) is 0. The van der Waals surface area contributed by atoms with Crippen LogP contribution in [-0.2, 0) is 38.3 Å². The summed E-state index contributed by atoms with van der Waals surface area (Å²) in [5.74, 6) is -2.77. The van der Waals surface area contributed by atoms with Crippen LogP contribution < -0.4 is 0 Å². The number of hydrogen-bond acceptors (Lipinski definition) is 16. The Bertz CT molecular complexity index is 739. The van der Waals surface area contributed by atoms with Crippen LogP contribution in [0.25, 0.3) is 0 Å². The van der Waals surface area contributed by atoms with Crippen molar-refractivity contribution in [3.05, 3.63) is 30.3 Å². The SMILES string of the molecule is O=C(CC(CSC(=O)OCCCCO[N+](=O)[O-])C(=O)OCCCCO[N+](=O)[O-])OCCCCO[N+](=O)[O-]. The molecule has 0 saturated carbocycles. The molecule has 0 aliphatic carbocycles. The largest absolute Gasteiger partial charge is 0.466 e. The molecular weight excluding hydrogens is 530 g/mol. The number of carbonyl (C=O) groups is 3. The van der Waals surface area contributed by atoms with Crippen LogP contribution in [0.4, 0.5) is 4.79 Å². The lowest BCUT2D eigenvalue weighted by Gasteiger charge is -2.15. The lowest BCUT2D eigenvalue weighted by atomic mass is 10.1. The van der Waals surface area contributed by atoms with Crippen molar-refractivity contribution in [1.82, 2.24) is 0 Å². The number of thioether (sulfide) groups is 1. The van der Waals surface area contributed by atoms with Gasteiger partial charge in [0.15, 0.2) is 0 Å². The lowest BCUT2D eigenvalue weighted by molar-refractivity contribution is -0.757. The summed E-state index contributed by atoms with van der Waals surface area (Å²) in [6, 6.07) is 0. The molecule has 0 aromatic carbocycles. The molecule has 19 heteroatoms. The Hall–Kier alpha value is -3.64. The first kappa shape index (κ1) is 33.4. The smallest absolute Gasteiger partial charge is 0.367 e. The van der Waals surface area contributed by atoms with E-state index in [1.807, 2.05) is 0 Å². The zero-order chi connectivity index (χ0) is 27.9. The number of ether oxygens (including phenoxy) is 3. The second-order valence-electron chi connectivity index (χ2n) is 6.99. The lowest BCUT2D eigenvalue weighted by Crippen LogP contribution is -2.25. The first-order chi connectivity index (χ1) is 17.6. The van der Waals surface area contributed by atoms with Gasteiger partial charge in [-0.15, -0.1) is 30.3 Å². The predicted octanol–water partition coefficient (Wildman–Crippen LogP) is 1.91. The van der Waals surface area contributed by atoms with Crippen LogP contribution in [-0.4, -0.2) is 77.9 Å². The molecule has 0 aromatic rings. The van der Waals surface area contributed by atoms with Crippen molar-refractivity contribution in [3.63, 3.8) is 0 Å². The van der Waals surface area contributed by atoms with E-state index in [4.69, 9.17) is 14.2 Å². The third-order valence-corrected chi connectivity index (χ3v) is 5.00. The fraction of sp³-hybridized carbons (Fsp3) is 0.833. The van der Waals surface area contributed by atoms with E-state index in [1.165, 1.54) is 0 Å². The van der Waals surface area contributed by atoms with Gasteiger partial charge in [-0.05, 0) is 50.3 Å². The third-order valence-electron chi connectivity index (χ3n) is 4.08. The molecule has 1 unspecified atom stereocenters. The monoisotopic (exact) mass is 559 g/mol. The summed E-state index contributed by atoms with van der Waals surface area (Å²) in [5.41, 5.74) is 0. The topological polar surface area (TPSA) is 236 Å². The molecule has 0 rings (SSSR count). The van der Waals surface area contributed by atoms with Crippen LogP contribution in [0.2, 0.25) is 0 Å². The Morgan fingerprint density at radius 2 is 1.03 bits per heavy atom. The average Bonchev–Trinajstić information content (AvgIpc) is 2.82. The molecule has 0 saturated heterocycles. The maximum Gasteiger partial charge on any atom is 0.367 e. The second-order valence-corrected chi connectivity index (χ2v) is 7.95. The number of carbonyl (C=O) groups excluding carboxylic acids is 3. The molecule has 0 heterocycles. The van der Waals surface area contributed by atoms with E-state index in [9.17, 15) is 44.7 Å². The number of esters is 2. The van der Waals surface area contributed by atoms with Gasteiger partial charge < -0.3 is 28.7 Å². The predicted molar refractivity (Wildman–Crippen MR) is 120 cm³/mol. The van der Waals surface area contributed by atoms with Crippen LogP contribution in [0.5, 0.6) is 0 Å². The van der Waals surface area contributed by atoms with Crippen LogP contribution in [0.1, 0.15) is 44.9 Å². The molecule has 0 spiro atoms. The summed E-state index contributed by atoms with van der Waals surface area (Å²) in [4.78, 5) is 79.0. The molecule has 0 aromatic heterocycles. The van der Waals surface area contributed by atoms with Crippen molar-refractivity contribution in [2.75, 3.05) is 45.4 Å². The minimum absolute atomic E-state index is 0.0313. The first-order valence-corrected chi connectivity index (χ1v) is 12.0. The molecule has 0 N–H and O–H groups in total. The number of unbranched alkanes of at least 4 members (excludes halogenated alkanes) is 3. The van der Waals surface area contributed by atoms with E-state index >= 15 is 0 Å². The molecule has 212 valence electrons. The van der Waals surface area contributed by atoms with Gasteiger partial charge in [0.25, 0.3) is 15.3 Å². The Labute approximate surface area is 214 Å². The van der Waals surface area contributed by atoms with Crippen molar-refractivity contribution in [3.8, 4) is 0 Å². The minimum Gasteiger partial charge on any atom is -0.466 e. The van der Waals surface area contributed by atoms with Gasteiger partial charge in [0.1, 0.15) is 0 Å². The highest BCUT2D eigenvalue weighted by Gasteiger charge is 2.26. The summed E-state index contributed by atoms with van der Waals surface area (Å²) in [6.45, 7) is -0.664. The van der Waals surface area contributed by atoms with Crippen molar-refractivity contribution in [1.29, 1.82) is 0 Å². The van der Waals surface area contributed by atoms with Gasteiger partial charge in [0.05, 0.1) is 52.0 Å². The van der Waals surface area contributed by atoms with Crippen LogP contribution in [0.15, 0.2) is 0 Å². The summed E-state index contributed by atoms with van der Waals surface area (Å²) < 4.78 is 15.0. The summed E-state index contributed by atoms with van der Waals surface area (Å²) in [6.07, 6.45) is 1.24. The zero-order valence-corrected chi connectivity index (χ0v) is 20.7. The Balaban J connectivity index is 4.49. The quantitative estimate of drug-likeness (QED) is 0.0571. The normalized spacial score (nSPS) is 11.0. The minimum atomic E-state index is -1.06. The van der Waals surface area contributed by atoms with Crippen molar-refractivity contribution in [2.24, 2.45) is 5.92 Å². The Kier molecular flexibility index (Phi) is 19.5. The Morgan fingerprint density at radius 3 is 1.49 bits per heavy atom. The number of rotatable bonds is 23. The summed E-state index contributed by atoms with van der Waals surface area (Å²) >= 11 is 0.627. The van der Waals surface area contributed by atoms with Gasteiger partial charge in [-0.1, -0.05) is 0 Å². The standard InChI is InChI=1S/C18H29N3O15S/c22-16(31-7-1-4-10-34-19(25)26)13-15(17(23)32-8-2-5-11-35-20(27)28)14-37-18(24)33-9-3-6-12-36-21(29)30/h15H,1-14H2. The molecule has 18 nitrogen and oxygen atoms in total. The van der Waals surface area contributed by atoms with Gasteiger partial charge in [-0.25, -0.2) is 4.79 Å². The van der Waals surface area contributed by atoms with E-state index < -0.39 is 44.8 Å². The zero-order valence-electron chi connectivity index (χ0n) is 19.9. The molecule has 0 bridgehead atoms. The number of nitrogens with zero attached hydrogens (tertiary/aromatic N) is 3. The van der Waals surface area contributed by atoms with Crippen molar-refractivity contribution in [2.45, 2.75) is 44.9 Å². The van der Waals surface area contributed by atoms with Gasteiger partial charge in [0.2, 0.25) is 0 Å². The summed E-state index contributed by atoms with van der Waals surface area (Å²) in [5, 5.41) is 26.7. The maximum absolute atomic E-state index is 12.4. The molecule has 0 radical (unpaired) electrons. The highest BCUT2D eigenvalue weighted by atomic mass is 32.2. The van der Waals surface area contributed by atoms with Gasteiger partial charge in [-0.2, -0.15) is 0 Å². The average molecular weight is 560 g/mol. The van der Waals surface area contributed by atoms with E-state index in [0.717, 1.165) is 0 Å². The van der Waals surface area contributed by atoms with Crippen LogP contribution >= 0.6 is 11.8 Å². The molecule has 0 aliphatic heterocycles. The Morgan fingerprint density at radius 1 is 0.622 bits per heavy atom. The molecule has 0 aliphatic rings. The van der Waals surface area contributed by atoms with Crippen molar-refractivity contribution < 1.29 is 58.4 Å². The van der Waals surface area contributed by atoms with Crippen LogP contribution in [0, 0.1) is 36.3 Å². The highest BCUT2D eigenvalue weighted by molar-refractivity contribution is 8.13. The first-order valence-electron chi connectivity index (χ1n) is 11.1. The molecule has 1 atom stereocenters. The molecule has 0 fully saturated rings. The fourth-order valence-corrected chi connectivity index (χ4v) is 3.10. The third kappa shape index (κ3) is 22.6. The molecule has 37 heavy (non-hydrogen) atoms. The van der Waals surface area contributed by atoms with E-state index in [0.29, 0.717) is 18.2 Å². The molecule has 0 amide bonds. The van der Waals surface area contributed by atoms with Crippen molar-refractivity contribution >= 4 is 29.0 Å². The van der Waals surface area contributed by atoms with Gasteiger partial charge in [0, 0.05) is 5.75 Å². The van der Waals surface area contributed by atoms with Gasteiger partial charge >= 0.3 is 17.2 Å². The fourth-order valence-electron chi connectivity index (χ4n) is 2.34. The maximum atomic E-state index is 12.4. The van der Waals surface area contributed by atoms with E-state index in [1.54, 1.807) is 0 Å². The second kappa shape index (κ2) is 21.6. The van der Waals surface area contributed by atoms with Crippen LogP contribution in [0.3, 0.4) is 0 Å². The van der Waals surface area contributed by atoms with Gasteiger partial charge in [-0.3, -0.25) is 9.59 Å². The number of hydrogen-bond donors (Lipinski definition) is 0. The molecular formula is C18H29N3O15S.